The Bertz CT molecular complexity index is 1500. The number of rotatable bonds is 6. The largest absolute Gasteiger partial charge is 0.502 e. The smallest absolute Gasteiger partial charge is 0.344 e. The van der Waals surface area contributed by atoms with Crippen LogP contribution in [0.25, 0.3) is 11.0 Å². The van der Waals surface area contributed by atoms with E-state index in [0.717, 1.165) is 0 Å². The molecule has 1 aliphatic rings. The molecule has 5 rings (SSSR count). The highest BCUT2D eigenvalue weighted by atomic mass is 16.5. The lowest BCUT2D eigenvalue weighted by Crippen LogP contribution is -2.35. The van der Waals surface area contributed by atoms with Crippen molar-refractivity contribution in [2.24, 2.45) is 0 Å². The quantitative estimate of drug-likeness (QED) is 0.390. The maximum atomic E-state index is 13.6. The normalized spacial score (nSPS) is 16.2. The van der Waals surface area contributed by atoms with Crippen LogP contribution in [0.5, 0.6) is 28.7 Å². The Labute approximate surface area is 205 Å². The molecule has 0 saturated carbocycles. The van der Waals surface area contributed by atoms with Gasteiger partial charge in [0.2, 0.25) is 5.75 Å². The average molecular weight is 489 g/mol. The summed E-state index contributed by atoms with van der Waals surface area (Å²) in [5, 5.41) is 13.8. The molecule has 2 unspecified atom stereocenters. The summed E-state index contributed by atoms with van der Waals surface area (Å²) in [5.41, 5.74) is 0.865. The van der Waals surface area contributed by atoms with Crippen molar-refractivity contribution in [1.29, 1.82) is 0 Å². The number of benzene rings is 3. The van der Waals surface area contributed by atoms with E-state index >= 15 is 0 Å². The van der Waals surface area contributed by atoms with Crippen molar-refractivity contribution in [3.63, 3.8) is 0 Å². The van der Waals surface area contributed by atoms with Crippen LogP contribution in [0.1, 0.15) is 17.0 Å². The zero-order valence-corrected chi connectivity index (χ0v) is 19.7. The number of hydrogen-bond acceptors (Lipinski definition) is 8. The third-order valence-corrected chi connectivity index (χ3v) is 6.11. The number of methoxy groups -OCH3 is 3. The van der Waals surface area contributed by atoms with Crippen LogP contribution in [0.3, 0.4) is 0 Å². The number of nitrogens with one attached hydrogen (secondary N) is 1. The minimum Gasteiger partial charge on any atom is -0.502 e. The van der Waals surface area contributed by atoms with Crippen LogP contribution in [0.15, 0.2) is 69.9 Å². The number of aromatic hydroxyl groups is 1. The highest BCUT2D eigenvalue weighted by Crippen LogP contribution is 2.48. The van der Waals surface area contributed by atoms with Gasteiger partial charge in [0, 0.05) is 11.8 Å². The molecular formula is C27H23NO8. The number of carbonyl (C=O) groups is 1. The summed E-state index contributed by atoms with van der Waals surface area (Å²) in [5.74, 6) is -0.493. The monoisotopic (exact) mass is 489 g/mol. The fourth-order valence-electron chi connectivity index (χ4n) is 4.43. The summed E-state index contributed by atoms with van der Waals surface area (Å²) in [6, 6.07) is 16.9. The molecule has 0 aliphatic carbocycles. The van der Waals surface area contributed by atoms with E-state index in [1.807, 2.05) is 0 Å². The van der Waals surface area contributed by atoms with E-state index in [2.05, 4.69) is 5.32 Å². The van der Waals surface area contributed by atoms with Crippen molar-refractivity contribution in [3.8, 4) is 28.7 Å². The summed E-state index contributed by atoms with van der Waals surface area (Å²) < 4.78 is 27.6. The topological polar surface area (TPSA) is 116 Å². The van der Waals surface area contributed by atoms with Gasteiger partial charge >= 0.3 is 5.63 Å². The standard InChI is InChI=1S/C27H23NO8/c1-32-16-8-6-7-15(13-16)28-26(30)25-21(14-11-19(33-2)23(29)20(12-14)34-3)22-24(36-25)17-9-4-5-10-18(17)35-27(22)31/h4-13,21,25,29H,1-3H3,(H,28,30). The Hall–Kier alpha value is -4.66. The molecule has 0 bridgehead atoms. The number of ether oxygens (including phenoxy) is 4. The van der Waals surface area contributed by atoms with Crippen molar-refractivity contribution in [1.82, 2.24) is 0 Å². The SMILES string of the molecule is COc1cccc(NC(=O)C2Oc3c(c(=O)oc4ccccc34)C2c2cc(OC)c(O)c(OC)c2)c1. The van der Waals surface area contributed by atoms with E-state index in [0.29, 0.717) is 28.0 Å². The molecule has 3 aromatic carbocycles. The van der Waals surface area contributed by atoms with Crippen LogP contribution in [0.2, 0.25) is 0 Å². The molecule has 36 heavy (non-hydrogen) atoms. The van der Waals surface area contributed by atoms with Crippen LogP contribution in [0, 0.1) is 0 Å². The number of fused-ring (bicyclic) bond motifs is 3. The van der Waals surface area contributed by atoms with Crippen molar-refractivity contribution in [2.45, 2.75) is 12.0 Å². The second-order valence-corrected chi connectivity index (χ2v) is 8.14. The number of amides is 1. The maximum absolute atomic E-state index is 13.6. The molecule has 2 N–H and O–H groups in total. The molecule has 2 atom stereocenters. The number of hydrogen-bond donors (Lipinski definition) is 2. The first kappa shape index (κ1) is 23.1. The van der Waals surface area contributed by atoms with Gasteiger partial charge in [-0.2, -0.15) is 0 Å². The minimum atomic E-state index is -1.14. The molecular weight excluding hydrogens is 466 g/mol. The number of phenolic OH excluding ortho intramolecular Hbond substituents is 1. The van der Waals surface area contributed by atoms with Crippen LogP contribution in [-0.4, -0.2) is 38.4 Å². The fraction of sp³-hybridized carbons (Fsp3) is 0.185. The summed E-state index contributed by atoms with van der Waals surface area (Å²) >= 11 is 0. The lowest BCUT2D eigenvalue weighted by Gasteiger charge is -2.20. The second kappa shape index (κ2) is 9.18. The molecule has 9 heteroatoms. The minimum absolute atomic E-state index is 0.120. The number of carbonyl (C=O) groups excluding carboxylic acids is 1. The Morgan fingerprint density at radius 2 is 1.67 bits per heavy atom. The molecule has 0 saturated heterocycles. The third kappa shape index (κ3) is 3.84. The molecule has 0 fully saturated rings. The van der Waals surface area contributed by atoms with Crippen molar-refractivity contribution >= 4 is 22.6 Å². The summed E-state index contributed by atoms with van der Waals surface area (Å²) in [4.78, 5) is 26.8. The Morgan fingerprint density at radius 3 is 2.36 bits per heavy atom. The van der Waals surface area contributed by atoms with Gasteiger partial charge < -0.3 is 33.8 Å². The number of phenols is 1. The fourth-order valence-corrected chi connectivity index (χ4v) is 4.43. The predicted octanol–water partition coefficient (Wildman–Crippen LogP) is 4.06. The van der Waals surface area contributed by atoms with Gasteiger partial charge in [0.05, 0.1) is 38.2 Å². The number of anilines is 1. The first-order valence-electron chi connectivity index (χ1n) is 11.1. The molecule has 9 nitrogen and oxygen atoms in total. The van der Waals surface area contributed by atoms with E-state index < -0.39 is 23.6 Å². The van der Waals surface area contributed by atoms with Crippen LogP contribution in [0.4, 0.5) is 5.69 Å². The zero-order valence-electron chi connectivity index (χ0n) is 19.7. The summed E-state index contributed by atoms with van der Waals surface area (Å²) in [6.07, 6.45) is -1.14. The van der Waals surface area contributed by atoms with Gasteiger partial charge in [-0.25, -0.2) is 4.79 Å². The summed E-state index contributed by atoms with van der Waals surface area (Å²) in [7, 11) is 4.32. The molecule has 1 amide bonds. The van der Waals surface area contributed by atoms with Gasteiger partial charge in [0.15, 0.2) is 17.6 Å². The van der Waals surface area contributed by atoms with Gasteiger partial charge in [0.25, 0.3) is 5.91 Å². The van der Waals surface area contributed by atoms with Crippen molar-refractivity contribution < 1.29 is 33.3 Å². The summed E-state index contributed by atoms with van der Waals surface area (Å²) in [6.45, 7) is 0. The van der Waals surface area contributed by atoms with Gasteiger partial charge in [-0.3, -0.25) is 4.79 Å². The van der Waals surface area contributed by atoms with E-state index in [1.54, 1.807) is 60.7 Å². The Balaban J connectivity index is 1.67. The van der Waals surface area contributed by atoms with Gasteiger partial charge in [-0.15, -0.1) is 0 Å². The van der Waals surface area contributed by atoms with E-state index in [-0.39, 0.29) is 28.6 Å². The lowest BCUT2D eigenvalue weighted by atomic mass is 9.87. The molecule has 184 valence electrons. The highest BCUT2D eigenvalue weighted by Gasteiger charge is 2.45. The Kier molecular flexibility index (Phi) is 5.89. The molecule has 0 spiro atoms. The number of para-hydroxylation sites is 1. The third-order valence-electron chi connectivity index (χ3n) is 6.11. The molecule has 4 aromatic rings. The molecule has 1 aliphatic heterocycles. The van der Waals surface area contributed by atoms with Crippen molar-refractivity contribution in [2.75, 3.05) is 26.6 Å². The van der Waals surface area contributed by atoms with E-state index in [9.17, 15) is 14.7 Å². The van der Waals surface area contributed by atoms with Crippen LogP contribution >= 0.6 is 0 Å². The zero-order chi connectivity index (χ0) is 25.4. The average Bonchev–Trinajstić information content (AvgIpc) is 3.31. The second-order valence-electron chi connectivity index (χ2n) is 8.14. The first-order chi connectivity index (χ1) is 17.4. The highest BCUT2D eigenvalue weighted by molar-refractivity contribution is 5.98. The molecule has 2 heterocycles. The van der Waals surface area contributed by atoms with Gasteiger partial charge in [0.1, 0.15) is 17.1 Å². The first-order valence-corrected chi connectivity index (χ1v) is 11.1. The van der Waals surface area contributed by atoms with Gasteiger partial charge in [-0.1, -0.05) is 18.2 Å². The van der Waals surface area contributed by atoms with E-state index in [1.165, 1.54) is 21.3 Å². The van der Waals surface area contributed by atoms with Crippen LogP contribution < -0.4 is 29.9 Å². The molecule has 0 radical (unpaired) electrons. The van der Waals surface area contributed by atoms with E-state index in [4.69, 9.17) is 23.4 Å². The van der Waals surface area contributed by atoms with Crippen molar-refractivity contribution in [3.05, 3.63) is 82.2 Å². The Morgan fingerprint density at radius 1 is 0.944 bits per heavy atom. The predicted molar refractivity (Wildman–Crippen MR) is 132 cm³/mol. The molecule has 1 aromatic heterocycles. The lowest BCUT2D eigenvalue weighted by molar-refractivity contribution is -0.122. The van der Waals surface area contributed by atoms with Crippen LogP contribution in [-0.2, 0) is 4.79 Å². The van der Waals surface area contributed by atoms with Gasteiger partial charge in [-0.05, 0) is 42.0 Å². The maximum Gasteiger partial charge on any atom is 0.344 e.